The van der Waals surface area contributed by atoms with Gasteiger partial charge in [-0.3, -0.25) is 0 Å². The molecule has 0 heterocycles. The first-order chi connectivity index (χ1) is 9.97. The van der Waals surface area contributed by atoms with Crippen molar-refractivity contribution in [1.82, 2.24) is 4.31 Å². The first-order valence-corrected chi connectivity index (χ1v) is 8.90. The Labute approximate surface area is 127 Å². The molecule has 2 N–H and O–H groups in total. The Bertz CT molecular complexity index is 539. The molecule has 0 saturated carbocycles. The normalized spacial score (nSPS) is 12.0. The van der Waals surface area contributed by atoms with Crippen LogP contribution in [0.15, 0.2) is 23.1 Å². The number of hydrogen-bond acceptors (Lipinski definition) is 3. The summed E-state index contributed by atoms with van der Waals surface area (Å²) in [6.45, 7) is 5.01. The molecule has 1 aromatic carbocycles. The van der Waals surface area contributed by atoms with E-state index in [0.29, 0.717) is 18.7 Å². The molecule has 0 atom stereocenters. The number of nitrogens with zero attached hydrogens (tertiary/aromatic N) is 1. The molecule has 0 spiro atoms. The zero-order chi connectivity index (χ0) is 15.9. The van der Waals surface area contributed by atoms with Crippen molar-refractivity contribution in [3.63, 3.8) is 0 Å². The molecule has 1 rings (SSSR count). The fourth-order valence-electron chi connectivity index (χ4n) is 2.10. The highest BCUT2D eigenvalue weighted by molar-refractivity contribution is 7.89. The van der Waals surface area contributed by atoms with Gasteiger partial charge in [0.1, 0.15) is 5.82 Å². The van der Waals surface area contributed by atoms with Crippen LogP contribution in [0.2, 0.25) is 0 Å². The monoisotopic (exact) mass is 316 g/mol. The SMILES string of the molecule is CCCCN(CCCC)S(=O)(=O)c1cc(F)ccc1CN. The molecule has 0 radical (unpaired) electrons. The lowest BCUT2D eigenvalue weighted by Crippen LogP contribution is -2.34. The number of hydrogen-bond donors (Lipinski definition) is 1. The first-order valence-electron chi connectivity index (χ1n) is 7.46. The minimum Gasteiger partial charge on any atom is -0.326 e. The second-order valence-corrected chi connectivity index (χ2v) is 6.97. The Morgan fingerprint density at radius 3 is 2.19 bits per heavy atom. The van der Waals surface area contributed by atoms with E-state index in [1.165, 1.54) is 16.4 Å². The van der Waals surface area contributed by atoms with E-state index in [0.717, 1.165) is 31.7 Å². The molecule has 0 aliphatic heterocycles. The second-order valence-electron chi connectivity index (χ2n) is 5.07. The summed E-state index contributed by atoms with van der Waals surface area (Å²) in [4.78, 5) is -0.00259. The Hall–Kier alpha value is -0.980. The molecule has 0 bridgehead atoms. The van der Waals surface area contributed by atoms with Gasteiger partial charge in [0.25, 0.3) is 0 Å². The Morgan fingerprint density at radius 2 is 1.71 bits per heavy atom. The number of benzene rings is 1. The zero-order valence-corrected chi connectivity index (χ0v) is 13.6. The van der Waals surface area contributed by atoms with E-state index >= 15 is 0 Å². The van der Waals surface area contributed by atoms with E-state index in [4.69, 9.17) is 5.73 Å². The molecule has 0 fully saturated rings. The summed E-state index contributed by atoms with van der Waals surface area (Å²) in [6, 6.07) is 3.76. The lowest BCUT2D eigenvalue weighted by atomic mass is 10.2. The molecule has 0 aromatic heterocycles. The van der Waals surface area contributed by atoms with Gasteiger partial charge >= 0.3 is 0 Å². The van der Waals surface area contributed by atoms with Gasteiger partial charge in [-0.1, -0.05) is 32.8 Å². The predicted molar refractivity (Wildman–Crippen MR) is 82.9 cm³/mol. The molecule has 0 aliphatic carbocycles. The molecule has 1 aromatic rings. The number of halogens is 1. The van der Waals surface area contributed by atoms with Crippen LogP contribution in [0.5, 0.6) is 0 Å². The lowest BCUT2D eigenvalue weighted by molar-refractivity contribution is 0.394. The van der Waals surface area contributed by atoms with Gasteiger partial charge in [0.05, 0.1) is 4.90 Å². The van der Waals surface area contributed by atoms with Gasteiger partial charge in [-0.05, 0) is 30.5 Å². The van der Waals surface area contributed by atoms with E-state index in [2.05, 4.69) is 0 Å². The van der Waals surface area contributed by atoms with Crippen LogP contribution >= 0.6 is 0 Å². The van der Waals surface area contributed by atoms with E-state index in [-0.39, 0.29) is 11.4 Å². The zero-order valence-electron chi connectivity index (χ0n) is 12.8. The third kappa shape index (κ3) is 4.76. The molecule has 0 amide bonds. The van der Waals surface area contributed by atoms with Crippen LogP contribution in [0.25, 0.3) is 0 Å². The summed E-state index contributed by atoms with van der Waals surface area (Å²) in [7, 11) is -3.70. The first kappa shape index (κ1) is 18.1. The molecular weight excluding hydrogens is 291 g/mol. The Balaban J connectivity index is 3.17. The number of rotatable bonds is 9. The third-order valence-electron chi connectivity index (χ3n) is 3.39. The van der Waals surface area contributed by atoms with Crippen molar-refractivity contribution >= 4 is 10.0 Å². The van der Waals surface area contributed by atoms with Crippen molar-refractivity contribution in [2.45, 2.75) is 51.0 Å². The summed E-state index contributed by atoms with van der Waals surface area (Å²) < 4.78 is 40.5. The summed E-state index contributed by atoms with van der Waals surface area (Å²) in [6.07, 6.45) is 3.39. The molecule has 0 aliphatic rings. The van der Waals surface area contributed by atoms with E-state index in [1.807, 2.05) is 13.8 Å². The van der Waals surface area contributed by atoms with E-state index in [1.54, 1.807) is 0 Å². The van der Waals surface area contributed by atoms with Crippen molar-refractivity contribution in [3.8, 4) is 0 Å². The van der Waals surface area contributed by atoms with Crippen LogP contribution in [-0.4, -0.2) is 25.8 Å². The number of sulfonamides is 1. The summed E-state index contributed by atoms with van der Waals surface area (Å²) in [5, 5.41) is 0. The van der Waals surface area contributed by atoms with Gasteiger partial charge in [0.15, 0.2) is 0 Å². The molecule has 6 heteroatoms. The highest BCUT2D eigenvalue weighted by Gasteiger charge is 2.26. The average Bonchev–Trinajstić information content (AvgIpc) is 2.47. The van der Waals surface area contributed by atoms with Crippen LogP contribution in [0.1, 0.15) is 45.1 Å². The highest BCUT2D eigenvalue weighted by Crippen LogP contribution is 2.22. The molecular formula is C15H25FN2O2S. The Kier molecular flexibility index (Phi) is 7.28. The van der Waals surface area contributed by atoms with Crippen molar-refractivity contribution in [3.05, 3.63) is 29.6 Å². The van der Waals surface area contributed by atoms with Crippen molar-refractivity contribution in [2.24, 2.45) is 5.73 Å². The number of nitrogens with two attached hydrogens (primary N) is 1. The minimum absolute atomic E-state index is 0.00259. The molecule has 0 unspecified atom stereocenters. The third-order valence-corrected chi connectivity index (χ3v) is 5.37. The van der Waals surface area contributed by atoms with Crippen molar-refractivity contribution in [2.75, 3.05) is 13.1 Å². The predicted octanol–water partition coefficient (Wildman–Crippen LogP) is 2.88. The van der Waals surface area contributed by atoms with Gasteiger partial charge in [0.2, 0.25) is 10.0 Å². The Morgan fingerprint density at radius 1 is 1.14 bits per heavy atom. The lowest BCUT2D eigenvalue weighted by Gasteiger charge is -2.23. The van der Waals surface area contributed by atoms with Crippen LogP contribution in [0.3, 0.4) is 0 Å². The van der Waals surface area contributed by atoms with Gasteiger partial charge in [-0.2, -0.15) is 4.31 Å². The van der Waals surface area contributed by atoms with Gasteiger partial charge in [-0.15, -0.1) is 0 Å². The van der Waals surface area contributed by atoms with Crippen LogP contribution < -0.4 is 5.73 Å². The van der Waals surface area contributed by atoms with E-state index in [9.17, 15) is 12.8 Å². The van der Waals surface area contributed by atoms with E-state index < -0.39 is 15.8 Å². The summed E-state index contributed by atoms with van der Waals surface area (Å²) in [5.74, 6) is -0.559. The second kappa shape index (κ2) is 8.46. The fourth-order valence-corrected chi connectivity index (χ4v) is 3.86. The molecule has 120 valence electrons. The van der Waals surface area contributed by atoms with Gasteiger partial charge < -0.3 is 5.73 Å². The maximum Gasteiger partial charge on any atom is 0.243 e. The van der Waals surface area contributed by atoms with Gasteiger partial charge in [-0.25, -0.2) is 12.8 Å². The van der Waals surface area contributed by atoms with Gasteiger partial charge in [0, 0.05) is 19.6 Å². The van der Waals surface area contributed by atoms with Crippen LogP contribution in [0.4, 0.5) is 4.39 Å². The standard InChI is InChI=1S/C15H25FN2O2S/c1-3-5-9-18(10-6-4-2)21(19,20)15-11-14(16)8-7-13(15)12-17/h7-8,11H,3-6,9-10,12,17H2,1-2H3. The topological polar surface area (TPSA) is 63.4 Å². The molecule has 4 nitrogen and oxygen atoms in total. The quantitative estimate of drug-likeness (QED) is 0.762. The fraction of sp³-hybridized carbons (Fsp3) is 0.600. The largest absolute Gasteiger partial charge is 0.326 e. The summed E-state index contributed by atoms with van der Waals surface area (Å²) in [5.41, 5.74) is 6.05. The minimum atomic E-state index is -3.70. The van der Waals surface area contributed by atoms with Crippen molar-refractivity contribution in [1.29, 1.82) is 0 Å². The molecule has 21 heavy (non-hydrogen) atoms. The molecule has 0 saturated heterocycles. The summed E-state index contributed by atoms with van der Waals surface area (Å²) >= 11 is 0. The smallest absolute Gasteiger partial charge is 0.243 e. The van der Waals surface area contributed by atoms with Crippen LogP contribution in [0, 0.1) is 5.82 Å². The van der Waals surface area contributed by atoms with Crippen LogP contribution in [-0.2, 0) is 16.6 Å². The maximum atomic E-state index is 13.5. The number of unbranched alkanes of at least 4 members (excludes halogenated alkanes) is 2. The maximum absolute atomic E-state index is 13.5. The highest BCUT2D eigenvalue weighted by atomic mass is 32.2. The van der Waals surface area contributed by atoms with Crippen molar-refractivity contribution < 1.29 is 12.8 Å². The average molecular weight is 316 g/mol.